The van der Waals surface area contributed by atoms with Crippen molar-refractivity contribution in [2.24, 2.45) is 0 Å². The topological polar surface area (TPSA) is 98.9 Å². The molecule has 0 radical (unpaired) electrons. The minimum absolute atomic E-state index is 0.0672. The molecule has 4 aromatic rings. The number of hydrogen-bond acceptors (Lipinski definition) is 5. The average Bonchev–Trinajstić information content (AvgIpc) is 2.83. The van der Waals surface area contributed by atoms with Gasteiger partial charge in [-0.1, -0.05) is 42.5 Å². The Kier molecular flexibility index (Phi) is 6.21. The van der Waals surface area contributed by atoms with Crippen molar-refractivity contribution in [1.29, 1.82) is 0 Å². The maximum absolute atomic E-state index is 14.2. The van der Waals surface area contributed by atoms with Crippen LogP contribution in [-0.2, 0) is 13.1 Å². The number of benzene rings is 2. The van der Waals surface area contributed by atoms with E-state index in [1.54, 1.807) is 55.6 Å². The number of nitrogens with zero attached hydrogens (tertiary/aromatic N) is 4. The van der Waals surface area contributed by atoms with Crippen molar-refractivity contribution in [2.75, 3.05) is 0 Å². The molecule has 0 fully saturated rings. The van der Waals surface area contributed by atoms with E-state index in [0.717, 1.165) is 15.3 Å². The molecule has 9 heteroatoms. The molecule has 0 bridgehead atoms. The zero-order valence-corrected chi connectivity index (χ0v) is 17.7. The molecule has 0 unspecified atom stereocenters. The molecule has 1 amide bonds. The van der Waals surface area contributed by atoms with Gasteiger partial charge in [0.25, 0.3) is 11.5 Å². The summed E-state index contributed by atoms with van der Waals surface area (Å²) in [5.41, 5.74) is -0.350. The molecule has 0 spiro atoms. The maximum Gasteiger partial charge on any atom is 0.352 e. The standard InChI is InChI=1S/C24H20FN5O3/c1-16-10-11-19(13-20(16)25)30-24(33)29(15-17-7-3-2-4-8-17)23(32)21(28-30)22(31)27-14-18-9-5-6-12-26-18/h2-13H,14-15H2,1H3,(H,27,31). The SMILES string of the molecule is Cc1ccc(-n2nc(C(=O)NCc3ccccn3)c(=O)n(Cc3ccccc3)c2=O)cc1F. The van der Waals surface area contributed by atoms with E-state index in [1.165, 1.54) is 12.1 Å². The monoisotopic (exact) mass is 445 g/mol. The van der Waals surface area contributed by atoms with E-state index in [9.17, 15) is 18.8 Å². The van der Waals surface area contributed by atoms with Gasteiger partial charge in [0.2, 0.25) is 5.69 Å². The highest BCUT2D eigenvalue weighted by Crippen LogP contribution is 2.11. The van der Waals surface area contributed by atoms with Gasteiger partial charge in [0, 0.05) is 12.3 Å². The minimum atomic E-state index is -0.841. The first kappa shape index (κ1) is 21.8. The second-order valence-corrected chi connectivity index (χ2v) is 7.36. The number of amides is 1. The summed E-state index contributed by atoms with van der Waals surface area (Å²) in [7, 11) is 0. The Labute approximate surface area is 188 Å². The van der Waals surface area contributed by atoms with E-state index < -0.39 is 28.7 Å². The molecule has 0 aliphatic rings. The summed E-state index contributed by atoms with van der Waals surface area (Å²) in [6.07, 6.45) is 1.58. The quantitative estimate of drug-likeness (QED) is 0.491. The average molecular weight is 445 g/mol. The van der Waals surface area contributed by atoms with Crippen molar-refractivity contribution >= 4 is 5.91 Å². The van der Waals surface area contributed by atoms with Crippen LogP contribution in [0.1, 0.15) is 27.3 Å². The fourth-order valence-electron chi connectivity index (χ4n) is 3.20. The van der Waals surface area contributed by atoms with Gasteiger partial charge in [0.05, 0.1) is 24.5 Å². The molecular formula is C24H20FN5O3. The number of nitrogens with one attached hydrogen (secondary N) is 1. The van der Waals surface area contributed by atoms with Crippen LogP contribution in [0, 0.1) is 12.7 Å². The van der Waals surface area contributed by atoms with Gasteiger partial charge in [0.15, 0.2) is 0 Å². The summed E-state index contributed by atoms with van der Waals surface area (Å²) in [5.74, 6) is -1.31. The third kappa shape index (κ3) is 4.77. The van der Waals surface area contributed by atoms with Gasteiger partial charge in [-0.2, -0.15) is 9.78 Å². The summed E-state index contributed by atoms with van der Waals surface area (Å²) in [4.78, 5) is 43.2. The van der Waals surface area contributed by atoms with Crippen LogP contribution in [0.15, 0.2) is 82.5 Å². The summed E-state index contributed by atoms with van der Waals surface area (Å²) >= 11 is 0. The summed E-state index contributed by atoms with van der Waals surface area (Å²) in [6, 6.07) is 18.2. The number of rotatable bonds is 6. The Hall–Kier alpha value is -4.40. The van der Waals surface area contributed by atoms with Crippen LogP contribution in [0.5, 0.6) is 0 Å². The van der Waals surface area contributed by atoms with Crippen molar-refractivity contribution in [3.8, 4) is 5.69 Å². The highest BCUT2D eigenvalue weighted by atomic mass is 19.1. The first-order valence-electron chi connectivity index (χ1n) is 10.2. The lowest BCUT2D eigenvalue weighted by Crippen LogP contribution is -2.46. The van der Waals surface area contributed by atoms with Gasteiger partial charge >= 0.3 is 5.69 Å². The van der Waals surface area contributed by atoms with Gasteiger partial charge < -0.3 is 5.32 Å². The van der Waals surface area contributed by atoms with Crippen molar-refractivity contribution in [3.63, 3.8) is 0 Å². The molecule has 0 saturated heterocycles. The predicted octanol–water partition coefficient (Wildman–Crippen LogP) is 2.22. The molecule has 0 saturated carbocycles. The van der Waals surface area contributed by atoms with Crippen LogP contribution in [-0.4, -0.2) is 25.2 Å². The van der Waals surface area contributed by atoms with E-state index in [2.05, 4.69) is 15.4 Å². The molecular weight excluding hydrogens is 425 g/mol. The van der Waals surface area contributed by atoms with Gasteiger partial charge in [-0.25, -0.2) is 9.18 Å². The molecule has 0 aliphatic carbocycles. The second-order valence-electron chi connectivity index (χ2n) is 7.36. The van der Waals surface area contributed by atoms with Crippen LogP contribution in [0.25, 0.3) is 5.69 Å². The number of aromatic nitrogens is 4. The highest BCUT2D eigenvalue weighted by molar-refractivity contribution is 5.91. The van der Waals surface area contributed by atoms with Gasteiger partial charge in [-0.05, 0) is 36.2 Å². The van der Waals surface area contributed by atoms with Crippen LogP contribution in [0.4, 0.5) is 4.39 Å². The second kappa shape index (κ2) is 9.39. The normalized spacial score (nSPS) is 10.7. The van der Waals surface area contributed by atoms with Crippen LogP contribution >= 0.6 is 0 Å². The minimum Gasteiger partial charge on any atom is -0.345 e. The predicted molar refractivity (Wildman–Crippen MR) is 120 cm³/mol. The number of carbonyl (C=O) groups is 1. The number of pyridine rings is 1. The Balaban J connectivity index is 1.80. The van der Waals surface area contributed by atoms with Gasteiger partial charge in [-0.3, -0.25) is 19.1 Å². The van der Waals surface area contributed by atoms with Gasteiger partial charge in [-0.15, -0.1) is 0 Å². The first-order valence-corrected chi connectivity index (χ1v) is 10.2. The molecule has 2 heterocycles. The summed E-state index contributed by atoms with van der Waals surface area (Å²) in [5, 5.41) is 6.60. The first-order chi connectivity index (χ1) is 15.9. The van der Waals surface area contributed by atoms with Crippen molar-refractivity contribution in [2.45, 2.75) is 20.0 Å². The van der Waals surface area contributed by atoms with Crippen LogP contribution < -0.4 is 16.6 Å². The molecule has 4 rings (SSSR count). The number of aryl methyl sites for hydroxylation is 1. The Morgan fingerprint density at radius 3 is 2.48 bits per heavy atom. The Morgan fingerprint density at radius 1 is 1.03 bits per heavy atom. The lowest BCUT2D eigenvalue weighted by molar-refractivity contribution is 0.0940. The fourth-order valence-corrected chi connectivity index (χ4v) is 3.20. The van der Waals surface area contributed by atoms with Crippen molar-refractivity contribution in [3.05, 3.63) is 122 Å². The molecule has 33 heavy (non-hydrogen) atoms. The lowest BCUT2D eigenvalue weighted by Gasteiger charge is -2.13. The largest absolute Gasteiger partial charge is 0.352 e. The Morgan fingerprint density at radius 2 is 1.79 bits per heavy atom. The molecule has 0 atom stereocenters. The van der Waals surface area contributed by atoms with Crippen molar-refractivity contribution < 1.29 is 9.18 Å². The molecule has 0 aliphatic heterocycles. The summed E-state index contributed by atoms with van der Waals surface area (Å²) in [6.45, 7) is 1.58. The fraction of sp³-hybridized carbons (Fsp3) is 0.125. The number of carbonyl (C=O) groups excluding carboxylic acids is 1. The van der Waals surface area contributed by atoms with Gasteiger partial charge in [0.1, 0.15) is 5.82 Å². The van der Waals surface area contributed by atoms with Crippen LogP contribution in [0.2, 0.25) is 0 Å². The van der Waals surface area contributed by atoms with Crippen LogP contribution in [0.3, 0.4) is 0 Å². The van der Waals surface area contributed by atoms with E-state index >= 15 is 0 Å². The molecule has 2 aromatic carbocycles. The van der Waals surface area contributed by atoms with E-state index in [4.69, 9.17) is 0 Å². The van der Waals surface area contributed by atoms with E-state index in [0.29, 0.717) is 16.8 Å². The lowest BCUT2D eigenvalue weighted by atomic mass is 10.2. The molecule has 8 nitrogen and oxygen atoms in total. The molecule has 166 valence electrons. The maximum atomic E-state index is 14.2. The third-order valence-corrected chi connectivity index (χ3v) is 5.01. The summed E-state index contributed by atoms with van der Waals surface area (Å²) < 4.78 is 16.0. The Bertz CT molecular complexity index is 1420. The van der Waals surface area contributed by atoms with E-state index in [-0.39, 0.29) is 18.8 Å². The van der Waals surface area contributed by atoms with Crippen molar-refractivity contribution in [1.82, 2.24) is 24.6 Å². The smallest absolute Gasteiger partial charge is 0.345 e. The third-order valence-electron chi connectivity index (χ3n) is 5.01. The molecule has 2 aromatic heterocycles. The zero-order valence-electron chi connectivity index (χ0n) is 17.7. The highest BCUT2D eigenvalue weighted by Gasteiger charge is 2.21. The number of halogens is 1. The number of hydrogen-bond donors (Lipinski definition) is 1. The van der Waals surface area contributed by atoms with E-state index in [1.807, 2.05) is 6.07 Å². The molecule has 1 N–H and O–H groups in total. The zero-order chi connectivity index (χ0) is 23.4.